The van der Waals surface area contributed by atoms with Crippen LogP contribution in [0.3, 0.4) is 0 Å². The molecule has 0 unspecified atom stereocenters. The van der Waals surface area contributed by atoms with Crippen LogP contribution < -0.4 is 0 Å². The van der Waals surface area contributed by atoms with Gasteiger partial charge in [0.15, 0.2) is 0 Å². The molecular weight excluding hydrogens is 292 g/mol. The van der Waals surface area contributed by atoms with Crippen molar-refractivity contribution in [1.82, 2.24) is 9.47 Å². The summed E-state index contributed by atoms with van der Waals surface area (Å²) in [6, 6.07) is 22.7. The van der Waals surface area contributed by atoms with Gasteiger partial charge in [-0.2, -0.15) is 0 Å². The number of fused-ring (bicyclic) bond motifs is 4. The monoisotopic (exact) mass is 316 g/mol. The van der Waals surface area contributed by atoms with Gasteiger partial charge >= 0.3 is 0 Å². The summed E-state index contributed by atoms with van der Waals surface area (Å²) in [5, 5.41) is 1.40. The van der Waals surface area contributed by atoms with E-state index in [1.54, 1.807) is 0 Å². The molecule has 2 heteroatoms. The van der Waals surface area contributed by atoms with Gasteiger partial charge in [0.25, 0.3) is 0 Å². The highest BCUT2D eigenvalue weighted by molar-refractivity contribution is 5.81. The lowest BCUT2D eigenvalue weighted by atomic mass is 9.88. The van der Waals surface area contributed by atoms with E-state index in [0.717, 1.165) is 11.8 Å². The smallest absolute Gasteiger partial charge is 0.0482 e. The molecule has 2 nitrogen and oxygen atoms in total. The predicted octanol–water partition coefficient (Wildman–Crippen LogP) is 4.51. The third-order valence-electron chi connectivity index (χ3n) is 6.22. The fourth-order valence-corrected chi connectivity index (χ4v) is 4.83. The average Bonchev–Trinajstić information content (AvgIpc) is 3.20. The van der Waals surface area contributed by atoms with Crippen LogP contribution in [0.4, 0.5) is 0 Å². The van der Waals surface area contributed by atoms with E-state index in [0.29, 0.717) is 6.04 Å². The van der Waals surface area contributed by atoms with Gasteiger partial charge in [-0.05, 0) is 48.3 Å². The van der Waals surface area contributed by atoms with E-state index in [-0.39, 0.29) is 0 Å². The van der Waals surface area contributed by atoms with Gasteiger partial charge in [0, 0.05) is 36.9 Å². The van der Waals surface area contributed by atoms with Crippen molar-refractivity contribution < 1.29 is 0 Å². The van der Waals surface area contributed by atoms with Gasteiger partial charge in [-0.15, -0.1) is 0 Å². The van der Waals surface area contributed by atoms with Crippen molar-refractivity contribution in [3.63, 3.8) is 0 Å². The molecular formula is C22H24N2. The van der Waals surface area contributed by atoms with Gasteiger partial charge in [0.2, 0.25) is 0 Å². The van der Waals surface area contributed by atoms with Crippen molar-refractivity contribution in [2.24, 2.45) is 11.8 Å². The normalized spacial score (nSPS) is 24.7. The molecule has 0 spiro atoms. The third kappa shape index (κ3) is 2.21. The van der Waals surface area contributed by atoms with Crippen LogP contribution in [-0.4, -0.2) is 22.6 Å². The fourth-order valence-electron chi connectivity index (χ4n) is 4.83. The topological polar surface area (TPSA) is 8.17 Å². The van der Waals surface area contributed by atoms with Crippen LogP contribution in [0.15, 0.2) is 60.7 Å². The fraction of sp³-hybridized carbons (Fsp3) is 0.364. The van der Waals surface area contributed by atoms with Gasteiger partial charge in [0.1, 0.15) is 0 Å². The number of likely N-dealkylation sites (tertiary alicyclic amines) is 1. The van der Waals surface area contributed by atoms with Crippen molar-refractivity contribution in [3.8, 4) is 0 Å². The highest BCUT2D eigenvalue weighted by Gasteiger charge is 2.38. The van der Waals surface area contributed by atoms with Gasteiger partial charge in [0.05, 0.1) is 0 Å². The van der Waals surface area contributed by atoms with E-state index in [1.165, 1.54) is 48.2 Å². The maximum Gasteiger partial charge on any atom is 0.0482 e. The molecule has 1 saturated heterocycles. The molecule has 0 radical (unpaired) electrons. The number of para-hydroxylation sites is 1. The van der Waals surface area contributed by atoms with E-state index in [1.807, 2.05) is 0 Å². The SMILES string of the molecule is C[C@@H](c1ccccc1)N1C[C@@H]2Cn3c(cc4ccccc43)C[C@H]2C1. The van der Waals surface area contributed by atoms with Gasteiger partial charge < -0.3 is 4.57 Å². The molecule has 2 aromatic carbocycles. The van der Waals surface area contributed by atoms with Crippen LogP contribution in [0, 0.1) is 11.8 Å². The van der Waals surface area contributed by atoms with Crippen LogP contribution in [0.25, 0.3) is 10.9 Å². The van der Waals surface area contributed by atoms with E-state index in [2.05, 4.69) is 77.1 Å². The maximum atomic E-state index is 2.69. The summed E-state index contributed by atoms with van der Waals surface area (Å²) in [6.45, 7) is 6.02. The van der Waals surface area contributed by atoms with Crippen molar-refractivity contribution in [2.75, 3.05) is 13.1 Å². The Morgan fingerprint density at radius 1 is 0.875 bits per heavy atom. The van der Waals surface area contributed by atoms with Crippen LogP contribution >= 0.6 is 0 Å². The number of aromatic nitrogens is 1. The molecule has 0 bridgehead atoms. The molecule has 0 aliphatic carbocycles. The molecule has 3 heterocycles. The first-order valence-corrected chi connectivity index (χ1v) is 9.16. The molecule has 3 atom stereocenters. The quantitative estimate of drug-likeness (QED) is 0.675. The van der Waals surface area contributed by atoms with E-state index in [9.17, 15) is 0 Å². The van der Waals surface area contributed by atoms with E-state index >= 15 is 0 Å². The zero-order valence-electron chi connectivity index (χ0n) is 14.2. The summed E-state index contributed by atoms with van der Waals surface area (Å²) in [6.07, 6.45) is 1.23. The number of nitrogens with zero attached hydrogens (tertiary/aromatic N) is 2. The maximum absolute atomic E-state index is 2.69. The van der Waals surface area contributed by atoms with Crippen LogP contribution in [-0.2, 0) is 13.0 Å². The molecule has 24 heavy (non-hydrogen) atoms. The van der Waals surface area contributed by atoms with Crippen LogP contribution in [0.5, 0.6) is 0 Å². The average molecular weight is 316 g/mol. The standard InChI is InChI=1S/C22H24N2/c1-16(17-7-3-2-4-8-17)23-13-19-12-21-11-18-9-5-6-10-22(18)24(21)15-20(19)14-23/h2-11,16,19-20H,12-15H2,1H3/t16-,19-,20+/m0/s1. The van der Waals surface area contributed by atoms with E-state index in [4.69, 9.17) is 0 Å². The van der Waals surface area contributed by atoms with Crippen LogP contribution in [0.2, 0.25) is 0 Å². The lowest BCUT2D eigenvalue weighted by Gasteiger charge is -2.27. The minimum atomic E-state index is 0.521. The Hall–Kier alpha value is -2.06. The Morgan fingerprint density at radius 3 is 2.50 bits per heavy atom. The molecule has 122 valence electrons. The number of hydrogen-bond acceptors (Lipinski definition) is 1. The molecule has 1 fully saturated rings. The summed E-state index contributed by atoms with van der Waals surface area (Å²) in [4.78, 5) is 2.69. The summed E-state index contributed by atoms with van der Waals surface area (Å²) in [5.74, 6) is 1.60. The number of benzene rings is 2. The number of rotatable bonds is 2. The second kappa shape index (κ2) is 5.49. The zero-order chi connectivity index (χ0) is 16.1. The lowest BCUT2D eigenvalue weighted by molar-refractivity contribution is 0.248. The second-order valence-electron chi connectivity index (χ2n) is 7.57. The Morgan fingerprint density at radius 2 is 1.62 bits per heavy atom. The Balaban J connectivity index is 1.40. The van der Waals surface area contributed by atoms with Gasteiger partial charge in [-0.1, -0.05) is 48.5 Å². The van der Waals surface area contributed by atoms with Crippen molar-refractivity contribution in [2.45, 2.75) is 25.9 Å². The summed E-state index contributed by atoms with van der Waals surface area (Å²) in [5.41, 5.74) is 4.40. The zero-order valence-corrected chi connectivity index (χ0v) is 14.2. The van der Waals surface area contributed by atoms with Crippen molar-refractivity contribution in [1.29, 1.82) is 0 Å². The first-order valence-electron chi connectivity index (χ1n) is 9.16. The summed E-state index contributed by atoms with van der Waals surface area (Å²) >= 11 is 0. The molecule has 5 rings (SSSR count). The molecule has 0 saturated carbocycles. The lowest BCUT2D eigenvalue weighted by Crippen LogP contribution is -2.27. The van der Waals surface area contributed by atoms with Gasteiger partial charge in [-0.25, -0.2) is 0 Å². The molecule has 1 aromatic heterocycles. The highest BCUT2D eigenvalue weighted by atomic mass is 15.2. The minimum Gasteiger partial charge on any atom is -0.344 e. The largest absolute Gasteiger partial charge is 0.344 e. The summed E-state index contributed by atoms with van der Waals surface area (Å²) < 4.78 is 2.58. The summed E-state index contributed by atoms with van der Waals surface area (Å²) in [7, 11) is 0. The van der Waals surface area contributed by atoms with Crippen LogP contribution in [0.1, 0.15) is 24.2 Å². The molecule has 3 aromatic rings. The molecule has 0 amide bonds. The molecule has 2 aliphatic rings. The Labute approximate surface area is 143 Å². The first-order chi connectivity index (χ1) is 11.8. The molecule has 2 aliphatic heterocycles. The minimum absolute atomic E-state index is 0.521. The Bertz CT molecular complexity index is 864. The highest BCUT2D eigenvalue weighted by Crippen LogP contribution is 2.38. The number of hydrogen-bond donors (Lipinski definition) is 0. The molecule has 0 N–H and O–H groups in total. The Kier molecular flexibility index (Phi) is 3.27. The predicted molar refractivity (Wildman–Crippen MR) is 99.1 cm³/mol. The van der Waals surface area contributed by atoms with Crippen molar-refractivity contribution >= 4 is 10.9 Å². The third-order valence-corrected chi connectivity index (χ3v) is 6.22. The first kappa shape index (κ1) is 14.3. The van der Waals surface area contributed by atoms with Crippen molar-refractivity contribution in [3.05, 3.63) is 71.9 Å². The second-order valence-corrected chi connectivity index (χ2v) is 7.57. The van der Waals surface area contributed by atoms with Gasteiger partial charge in [-0.3, -0.25) is 4.90 Å². The van der Waals surface area contributed by atoms with E-state index < -0.39 is 0 Å².